The molecule has 1 saturated heterocycles. The topological polar surface area (TPSA) is 127 Å². The molecule has 0 spiro atoms. The number of hydrogen-bond acceptors (Lipinski definition) is 8. The van der Waals surface area contributed by atoms with Crippen molar-refractivity contribution in [3.63, 3.8) is 0 Å². The van der Waals surface area contributed by atoms with Gasteiger partial charge in [0.25, 0.3) is 11.8 Å². The third kappa shape index (κ3) is 5.55. The average Bonchev–Trinajstić information content (AvgIpc) is 3.55. The number of furan rings is 1. The Morgan fingerprint density at radius 3 is 2.52 bits per heavy atom. The van der Waals surface area contributed by atoms with E-state index in [2.05, 4.69) is 20.8 Å². The monoisotopic (exact) mass is 469 g/mol. The van der Waals surface area contributed by atoms with Crippen molar-refractivity contribution in [3.05, 3.63) is 58.4 Å². The van der Waals surface area contributed by atoms with Crippen LogP contribution in [0.15, 0.2) is 47.1 Å². The molecule has 1 aliphatic heterocycles. The first-order valence-electron chi connectivity index (χ1n) is 10.4. The Kier molecular flexibility index (Phi) is 6.98. The smallest absolute Gasteiger partial charge is 0.286 e. The molecular weight excluding hydrogens is 446 g/mol. The summed E-state index contributed by atoms with van der Waals surface area (Å²) in [4.78, 5) is 39.2. The molecule has 0 aliphatic carbocycles. The van der Waals surface area contributed by atoms with Crippen LogP contribution < -0.4 is 15.4 Å². The number of ether oxygens (including phenoxy) is 1. The van der Waals surface area contributed by atoms with E-state index in [1.165, 1.54) is 0 Å². The quantitative estimate of drug-likeness (QED) is 0.544. The molecule has 3 aromatic rings. The van der Waals surface area contributed by atoms with Gasteiger partial charge < -0.3 is 24.7 Å². The zero-order chi connectivity index (χ0) is 23.2. The molecule has 0 saturated carbocycles. The van der Waals surface area contributed by atoms with Gasteiger partial charge in [0.1, 0.15) is 11.5 Å². The van der Waals surface area contributed by atoms with Crippen molar-refractivity contribution in [1.82, 2.24) is 20.4 Å². The Balaban J connectivity index is 1.27. The first kappa shape index (κ1) is 22.5. The summed E-state index contributed by atoms with van der Waals surface area (Å²) in [5.41, 5.74) is 0.580. The summed E-state index contributed by atoms with van der Waals surface area (Å²) in [6.07, 6.45) is 2.67. The third-order valence-electron chi connectivity index (χ3n) is 5.32. The number of aromatic nitrogens is 2. The Morgan fingerprint density at radius 2 is 1.85 bits per heavy atom. The number of hydrogen-bond donors (Lipinski definition) is 2. The zero-order valence-corrected chi connectivity index (χ0v) is 18.8. The van der Waals surface area contributed by atoms with Crippen LogP contribution in [0.3, 0.4) is 0 Å². The normalized spacial score (nSPS) is 14.0. The predicted molar refractivity (Wildman–Crippen MR) is 120 cm³/mol. The number of benzene rings is 1. The van der Waals surface area contributed by atoms with Gasteiger partial charge in [0, 0.05) is 24.7 Å². The first-order chi connectivity index (χ1) is 16.0. The molecule has 3 amide bonds. The lowest BCUT2D eigenvalue weighted by atomic mass is 9.96. The minimum Gasteiger partial charge on any atom is -0.497 e. The van der Waals surface area contributed by atoms with E-state index in [9.17, 15) is 14.4 Å². The third-order valence-corrected chi connectivity index (χ3v) is 6.23. The lowest BCUT2D eigenvalue weighted by Crippen LogP contribution is -2.42. The van der Waals surface area contributed by atoms with Gasteiger partial charge in [-0.1, -0.05) is 11.3 Å². The fourth-order valence-electron chi connectivity index (χ4n) is 3.47. The molecule has 0 bridgehead atoms. The van der Waals surface area contributed by atoms with Crippen molar-refractivity contribution in [2.75, 3.05) is 25.5 Å². The van der Waals surface area contributed by atoms with Crippen molar-refractivity contribution in [2.24, 2.45) is 5.92 Å². The number of nitrogens with one attached hydrogen (secondary N) is 2. The Labute approximate surface area is 193 Å². The number of piperidine rings is 1. The van der Waals surface area contributed by atoms with Gasteiger partial charge >= 0.3 is 0 Å². The second-order valence-corrected chi connectivity index (χ2v) is 8.44. The maximum atomic E-state index is 12.8. The number of anilines is 1. The molecule has 1 aliphatic rings. The summed E-state index contributed by atoms with van der Waals surface area (Å²) in [6.45, 7) is 1.21. The number of nitrogens with zero attached hydrogens (tertiary/aromatic N) is 3. The standard InChI is InChI=1S/C22H23N5O5S/c1-31-16-6-4-15(5-7-16)24-19(29)20-25-26-21(33-20)22(30)27-10-8-14(9-11-27)18(28)23-13-17-3-2-12-32-17/h2-7,12,14H,8-11,13H2,1H3,(H,23,28)(H,24,29). The Bertz CT molecular complexity index is 1100. The number of likely N-dealkylation sites (tertiary alicyclic amines) is 1. The van der Waals surface area contributed by atoms with Crippen LogP contribution >= 0.6 is 11.3 Å². The number of rotatable bonds is 7. The highest BCUT2D eigenvalue weighted by Crippen LogP contribution is 2.22. The van der Waals surface area contributed by atoms with E-state index in [-0.39, 0.29) is 27.7 Å². The van der Waals surface area contributed by atoms with E-state index in [1.807, 2.05) is 0 Å². The van der Waals surface area contributed by atoms with E-state index >= 15 is 0 Å². The molecule has 4 rings (SSSR count). The van der Waals surface area contributed by atoms with Crippen LogP contribution in [-0.4, -0.2) is 53.0 Å². The minimum atomic E-state index is -0.441. The molecule has 11 heteroatoms. The summed E-state index contributed by atoms with van der Waals surface area (Å²) in [5.74, 6) is 0.430. The van der Waals surface area contributed by atoms with E-state index in [4.69, 9.17) is 9.15 Å². The predicted octanol–water partition coefficient (Wildman–Crippen LogP) is 2.56. The highest BCUT2D eigenvalue weighted by atomic mass is 32.1. The van der Waals surface area contributed by atoms with Gasteiger partial charge in [-0.05, 0) is 49.2 Å². The largest absolute Gasteiger partial charge is 0.497 e. The van der Waals surface area contributed by atoms with Crippen LogP contribution in [0, 0.1) is 5.92 Å². The van der Waals surface area contributed by atoms with E-state index in [0.29, 0.717) is 49.7 Å². The molecule has 1 aromatic carbocycles. The van der Waals surface area contributed by atoms with Crippen molar-refractivity contribution in [2.45, 2.75) is 19.4 Å². The molecule has 3 heterocycles. The van der Waals surface area contributed by atoms with Crippen LogP contribution in [0.4, 0.5) is 5.69 Å². The van der Waals surface area contributed by atoms with Crippen molar-refractivity contribution >= 4 is 34.7 Å². The van der Waals surface area contributed by atoms with Gasteiger partial charge in [0.15, 0.2) is 0 Å². The summed E-state index contributed by atoms with van der Waals surface area (Å²) in [7, 11) is 1.56. The van der Waals surface area contributed by atoms with Gasteiger partial charge in [0.2, 0.25) is 15.9 Å². The molecule has 2 aromatic heterocycles. The number of amides is 3. The van der Waals surface area contributed by atoms with Crippen LogP contribution in [0.1, 0.15) is 38.2 Å². The highest BCUT2D eigenvalue weighted by molar-refractivity contribution is 7.15. The minimum absolute atomic E-state index is 0.0492. The molecule has 172 valence electrons. The molecule has 0 atom stereocenters. The van der Waals surface area contributed by atoms with Gasteiger partial charge in [-0.2, -0.15) is 0 Å². The second kappa shape index (κ2) is 10.3. The maximum Gasteiger partial charge on any atom is 0.286 e. The van der Waals surface area contributed by atoms with Gasteiger partial charge in [0.05, 0.1) is 19.9 Å². The molecule has 1 fully saturated rings. The second-order valence-electron chi connectivity index (χ2n) is 7.46. The summed E-state index contributed by atoms with van der Waals surface area (Å²) >= 11 is 0.943. The fourth-order valence-corrected chi connectivity index (χ4v) is 4.18. The molecule has 0 unspecified atom stereocenters. The lowest BCUT2D eigenvalue weighted by Gasteiger charge is -2.30. The fraction of sp³-hybridized carbons (Fsp3) is 0.318. The van der Waals surface area contributed by atoms with Crippen LogP contribution in [0.5, 0.6) is 5.75 Å². The van der Waals surface area contributed by atoms with Crippen LogP contribution in [-0.2, 0) is 11.3 Å². The molecule has 0 radical (unpaired) electrons. The zero-order valence-electron chi connectivity index (χ0n) is 17.9. The van der Waals surface area contributed by atoms with Crippen LogP contribution in [0.2, 0.25) is 0 Å². The van der Waals surface area contributed by atoms with Crippen molar-refractivity contribution < 1.29 is 23.5 Å². The maximum absolute atomic E-state index is 12.8. The van der Waals surface area contributed by atoms with E-state index < -0.39 is 5.91 Å². The summed E-state index contributed by atoms with van der Waals surface area (Å²) < 4.78 is 10.3. The lowest BCUT2D eigenvalue weighted by molar-refractivity contribution is -0.126. The Hall–Kier alpha value is -3.73. The summed E-state index contributed by atoms with van der Waals surface area (Å²) in [6, 6.07) is 10.4. The molecule has 33 heavy (non-hydrogen) atoms. The Morgan fingerprint density at radius 1 is 1.12 bits per heavy atom. The highest BCUT2D eigenvalue weighted by Gasteiger charge is 2.29. The van der Waals surface area contributed by atoms with Gasteiger partial charge in [-0.3, -0.25) is 14.4 Å². The van der Waals surface area contributed by atoms with E-state index in [0.717, 1.165) is 11.3 Å². The molecule has 10 nitrogen and oxygen atoms in total. The average molecular weight is 470 g/mol. The number of methoxy groups -OCH3 is 1. The first-order valence-corrected chi connectivity index (χ1v) is 11.2. The van der Waals surface area contributed by atoms with Crippen LogP contribution in [0.25, 0.3) is 0 Å². The number of carbonyl (C=O) groups is 3. The van der Waals surface area contributed by atoms with E-state index in [1.54, 1.807) is 54.7 Å². The van der Waals surface area contributed by atoms with Gasteiger partial charge in [-0.15, -0.1) is 10.2 Å². The van der Waals surface area contributed by atoms with Crippen molar-refractivity contribution in [3.8, 4) is 5.75 Å². The molecule has 2 N–H and O–H groups in total. The SMILES string of the molecule is COc1ccc(NC(=O)c2nnc(C(=O)N3CCC(C(=O)NCc4ccco4)CC3)s2)cc1. The van der Waals surface area contributed by atoms with Crippen molar-refractivity contribution in [1.29, 1.82) is 0 Å². The molecular formula is C22H23N5O5S. The van der Waals surface area contributed by atoms with Gasteiger partial charge in [-0.25, -0.2) is 0 Å². The number of carbonyl (C=O) groups excluding carboxylic acids is 3. The summed E-state index contributed by atoms with van der Waals surface area (Å²) in [5, 5.41) is 13.6.